The molecule has 0 aromatic carbocycles. The van der Waals surface area contributed by atoms with Crippen molar-refractivity contribution in [1.82, 2.24) is 39.4 Å². The Balaban J connectivity index is 1.46. The summed E-state index contributed by atoms with van der Waals surface area (Å²) in [5, 5.41) is 23.4. The average molecular weight is 562 g/mol. The molecule has 40 heavy (non-hydrogen) atoms. The fraction of sp³-hybridized carbons (Fsp3) is 0.407. The zero-order valence-corrected chi connectivity index (χ0v) is 24.5. The van der Waals surface area contributed by atoms with Gasteiger partial charge >= 0.3 is 0 Å². The molecule has 210 valence electrons. The predicted molar refractivity (Wildman–Crippen MR) is 153 cm³/mol. The van der Waals surface area contributed by atoms with Gasteiger partial charge in [0.1, 0.15) is 12.4 Å². The normalized spacial score (nSPS) is 17.6. The number of likely N-dealkylation sites (N-methyl/N-ethyl adjacent to an activating group) is 1. The molecule has 5 rings (SSSR count). The number of ether oxygens (including phenoxy) is 1. The highest BCUT2D eigenvalue weighted by atomic mass is 28.3. The van der Waals surface area contributed by atoms with Crippen LogP contribution in [0.15, 0.2) is 48.8 Å². The maximum atomic E-state index is 12.8. The number of aryl methyl sites for hydroxylation is 1. The number of rotatable bonds is 10. The number of amides is 1. The second-order valence-corrected chi connectivity index (χ2v) is 16.9. The van der Waals surface area contributed by atoms with Crippen molar-refractivity contribution in [2.45, 2.75) is 44.4 Å². The SMILES string of the molecule is CN1CCC(O)(c2cc(-c3cccc(-c4ccnc(Nc5ccn(C)n5)n4)n3)n(COCC[Si](C)(C)C)n2)C1=O. The van der Waals surface area contributed by atoms with Crippen LogP contribution in [0.3, 0.4) is 0 Å². The number of anilines is 2. The minimum atomic E-state index is -1.68. The van der Waals surface area contributed by atoms with Gasteiger partial charge in [-0.2, -0.15) is 10.2 Å². The van der Waals surface area contributed by atoms with Crippen molar-refractivity contribution < 1.29 is 14.6 Å². The molecule has 13 heteroatoms. The largest absolute Gasteiger partial charge is 0.374 e. The molecular weight excluding hydrogens is 526 g/mol. The van der Waals surface area contributed by atoms with Gasteiger partial charge in [0, 0.05) is 60.2 Å². The number of hydrogen-bond donors (Lipinski definition) is 2. The lowest BCUT2D eigenvalue weighted by Gasteiger charge is -2.18. The topological polar surface area (TPSA) is 136 Å². The van der Waals surface area contributed by atoms with E-state index in [0.717, 1.165) is 6.04 Å². The number of aromatic nitrogens is 7. The Kier molecular flexibility index (Phi) is 7.53. The van der Waals surface area contributed by atoms with Gasteiger partial charge in [-0.25, -0.2) is 19.6 Å². The van der Waals surface area contributed by atoms with Gasteiger partial charge in [0.15, 0.2) is 11.4 Å². The third-order valence-corrected chi connectivity index (χ3v) is 8.51. The number of hydrogen-bond acceptors (Lipinski definition) is 9. The van der Waals surface area contributed by atoms with E-state index in [4.69, 9.17) is 9.72 Å². The molecule has 0 spiro atoms. The van der Waals surface area contributed by atoms with Crippen molar-refractivity contribution in [3.05, 3.63) is 54.5 Å². The maximum Gasteiger partial charge on any atom is 0.260 e. The number of nitrogens with one attached hydrogen (secondary N) is 1. The number of carbonyl (C=O) groups is 1. The minimum absolute atomic E-state index is 0.178. The highest BCUT2D eigenvalue weighted by Gasteiger charge is 2.47. The second kappa shape index (κ2) is 10.9. The summed E-state index contributed by atoms with van der Waals surface area (Å²) in [6.07, 6.45) is 3.77. The Morgan fingerprint density at radius 2 is 1.85 bits per heavy atom. The first-order chi connectivity index (χ1) is 19.0. The number of nitrogens with zero attached hydrogens (tertiary/aromatic N) is 8. The summed E-state index contributed by atoms with van der Waals surface area (Å²) >= 11 is 0. The van der Waals surface area contributed by atoms with Crippen LogP contribution in [0.2, 0.25) is 25.7 Å². The van der Waals surface area contributed by atoms with Crippen LogP contribution in [-0.4, -0.2) is 78.7 Å². The number of aliphatic hydroxyl groups is 1. The molecule has 1 aliphatic rings. The first kappa shape index (κ1) is 27.6. The molecule has 1 saturated heterocycles. The zero-order chi connectivity index (χ0) is 28.5. The summed E-state index contributed by atoms with van der Waals surface area (Å²) in [4.78, 5) is 28.1. The molecule has 0 radical (unpaired) electrons. The third-order valence-electron chi connectivity index (χ3n) is 6.81. The van der Waals surface area contributed by atoms with E-state index < -0.39 is 13.7 Å². The average Bonchev–Trinajstić information content (AvgIpc) is 3.61. The molecule has 1 atom stereocenters. The smallest absolute Gasteiger partial charge is 0.260 e. The summed E-state index contributed by atoms with van der Waals surface area (Å²) in [5.41, 5.74) is 1.13. The highest BCUT2D eigenvalue weighted by Crippen LogP contribution is 2.34. The zero-order valence-electron chi connectivity index (χ0n) is 23.5. The predicted octanol–water partition coefficient (Wildman–Crippen LogP) is 3.24. The van der Waals surface area contributed by atoms with Crippen molar-refractivity contribution in [2.24, 2.45) is 7.05 Å². The maximum absolute atomic E-state index is 12.8. The minimum Gasteiger partial charge on any atom is -0.374 e. The molecule has 4 aromatic rings. The molecule has 1 amide bonds. The Morgan fingerprint density at radius 1 is 1.07 bits per heavy atom. The lowest BCUT2D eigenvalue weighted by atomic mass is 9.97. The molecule has 0 bridgehead atoms. The monoisotopic (exact) mass is 561 g/mol. The quantitative estimate of drug-likeness (QED) is 0.221. The molecular formula is C27H35N9O3Si. The van der Waals surface area contributed by atoms with Crippen molar-refractivity contribution in [2.75, 3.05) is 25.5 Å². The Morgan fingerprint density at radius 3 is 2.55 bits per heavy atom. The van der Waals surface area contributed by atoms with E-state index in [9.17, 15) is 9.90 Å². The van der Waals surface area contributed by atoms with Crippen LogP contribution in [0.5, 0.6) is 0 Å². The van der Waals surface area contributed by atoms with Crippen LogP contribution in [-0.2, 0) is 28.9 Å². The lowest BCUT2D eigenvalue weighted by molar-refractivity contribution is -0.143. The first-order valence-electron chi connectivity index (χ1n) is 13.2. The van der Waals surface area contributed by atoms with Gasteiger partial charge in [-0.3, -0.25) is 9.48 Å². The van der Waals surface area contributed by atoms with E-state index in [0.29, 0.717) is 53.4 Å². The first-order valence-corrected chi connectivity index (χ1v) is 16.9. The van der Waals surface area contributed by atoms with Gasteiger partial charge < -0.3 is 20.1 Å². The van der Waals surface area contributed by atoms with E-state index in [-0.39, 0.29) is 19.1 Å². The summed E-state index contributed by atoms with van der Waals surface area (Å²) in [5.74, 6) is 0.675. The Bertz CT molecular complexity index is 1510. The second-order valence-electron chi connectivity index (χ2n) is 11.3. The van der Waals surface area contributed by atoms with E-state index in [1.54, 1.807) is 34.7 Å². The van der Waals surface area contributed by atoms with Crippen LogP contribution in [0.1, 0.15) is 12.1 Å². The van der Waals surface area contributed by atoms with E-state index in [2.05, 4.69) is 45.1 Å². The molecule has 4 aromatic heterocycles. The van der Waals surface area contributed by atoms with Crippen LogP contribution in [0.4, 0.5) is 11.8 Å². The molecule has 2 N–H and O–H groups in total. The molecule has 5 heterocycles. The van der Waals surface area contributed by atoms with Crippen molar-refractivity contribution in [1.29, 1.82) is 0 Å². The van der Waals surface area contributed by atoms with Crippen molar-refractivity contribution in [3.63, 3.8) is 0 Å². The molecule has 12 nitrogen and oxygen atoms in total. The molecule has 0 saturated carbocycles. The summed E-state index contributed by atoms with van der Waals surface area (Å²) < 4.78 is 9.36. The van der Waals surface area contributed by atoms with Gasteiger partial charge in [-0.15, -0.1) is 0 Å². The number of pyridine rings is 1. The van der Waals surface area contributed by atoms with E-state index >= 15 is 0 Å². The lowest BCUT2D eigenvalue weighted by Crippen LogP contribution is -2.36. The van der Waals surface area contributed by atoms with Gasteiger partial charge in [0.05, 0.1) is 22.8 Å². The van der Waals surface area contributed by atoms with Gasteiger partial charge in [0.25, 0.3) is 5.91 Å². The van der Waals surface area contributed by atoms with Crippen molar-refractivity contribution in [3.8, 4) is 22.8 Å². The van der Waals surface area contributed by atoms with Gasteiger partial charge in [0.2, 0.25) is 5.95 Å². The van der Waals surface area contributed by atoms with Crippen LogP contribution in [0.25, 0.3) is 22.8 Å². The highest BCUT2D eigenvalue weighted by molar-refractivity contribution is 6.76. The van der Waals surface area contributed by atoms with Crippen molar-refractivity contribution >= 4 is 25.7 Å². The Labute approximate surface area is 234 Å². The summed E-state index contributed by atoms with van der Waals surface area (Å²) in [7, 11) is 2.25. The van der Waals surface area contributed by atoms with Crippen LogP contribution >= 0.6 is 0 Å². The third kappa shape index (κ3) is 5.95. The molecule has 1 aliphatic heterocycles. The summed E-state index contributed by atoms with van der Waals surface area (Å²) in [6, 6.07) is 12.0. The number of likely N-dealkylation sites (tertiary alicyclic amines) is 1. The van der Waals surface area contributed by atoms with Crippen LogP contribution in [0, 0.1) is 0 Å². The van der Waals surface area contributed by atoms with E-state index in [1.807, 2.05) is 37.5 Å². The Hall–Kier alpha value is -3.94. The molecule has 0 aliphatic carbocycles. The molecule has 1 fully saturated rings. The molecule has 1 unspecified atom stereocenters. The fourth-order valence-corrected chi connectivity index (χ4v) is 5.18. The standard InChI is InChI=1S/C27H35N9O3Si/c1-34-14-11-27(38,25(34)37)23-17-22(36(32-23)18-39-15-16-40(3,4)5)21-8-6-7-19(29-21)20-9-12-28-26(30-20)31-24-10-13-35(2)33-24/h6-10,12-13,17,38H,11,14-16,18H2,1-5H3,(H,28,30,31,33). The van der Waals surface area contributed by atoms with Gasteiger partial charge in [-0.1, -0.05) is 25.7 Å². The number of carbonyl (C=O) groups excluding carboxylic acids is 1. The van der Waals surface area contributed by atoms with E-state index in [1.165, 1.54) is 4.90 Å². The van der Waals surface area contributed by atoms with Crippen LogP contribution < -0.4 is 5.32 Å². The summed E-state index contributed by atoms with van der Waals surface area (Å²) in [6.45, 7) is 8.14. The fourth-order valence-electron chi connectivity index (χ4n) is 4.42. The van der Waals surface area contributed by atoms with Gasteiger partial charge in [-0.05, 0) is 30.3 Å².